The maximum Gasteiger partial charge on any atom is 0.154 e. The van der Waals surface area contributed by atoms with E-state index < -0.39 is 5.41 Å². The maximum atomic E-state index is 9.36. The predicted octanol–water partition coefficient (Wildman–Crippen LogP) is 10.4. The van der Waals surface area contributed by atoms with Crippen molar-refractivity contribution in [2.24, 2.45) is 4.99 Å². The Labute approximate surface area is 284 Å². The molecule has 0 unspecified atom stereocenters. The quantitative estimate of drug-likeness (QED) is 0.147. The van der Waals surface area contributed by atoms with Crippen molar-refractivity contribution in [2.45, 2.75) is 5.41 Å². The molecule has 48 heavy (non-hydrogen) atoms. The van der Waals surface area contributed by atoms with Gasteiger partial charge >= 0.3 is 0 Å². The van der Waals surface area contributed by atoms with E-state index in [9.17, 15) is 5.41 Å². The van der Waals surface area contributed by atoms with E-state index in [0.29, 0.717) is 5.84 Å². The van der Waals surface area contributed by atoms with Crippen LogP contribution in [0, 0.1) is 5.41 Å². The number of hydrogen-bond acceptors (Lipinski definition) is 2. The van der Waals surface area contributed by atoms with E-state index in [1.807, 2.05) is 19.2 Å². The lowest BCUT2D eigenvalue weighted by Crippen LogP contribution is -2.26. The molecular weight excluding hydrogens is 603 g/mol. The van der Waals surface area contributed by atoms with Gasteiger partial charge in [0.15, 0.2) is 5.84 Å². The molecule has 0 aliphatic heterocycles. The molecule has 1 spiro atoms. The first-order chi connectivity index (χ1) is 23.7. The summed E-state index contributed by atoms with van der Waals surface area (Å²) in [6.07, 6.45) is 0. The molecule has 0 radical (unpaired) electrons. The Hall–Kier alpha value is -5.84. The molecule has 7 aromatic rings. The number of aliphatic imine (C=N–C) groups is 1. The summed E-state index contributed by atoms with van der Waals surface area (Å²) < 4.78 is 0. The Kier molecular flexibility index (Phi) is 6.59. The van der Waals surface area contributed by atoms with Crippen LogP contribution in [0.3, 0.4) is 0 Å². The highest BCUT2D eigenvalue weighted by Gasteiger charge is 2.52. The predicted molar refractivity (Wildman–Crippen MR) is 200 cm³/mol. The Morgan fingerprint density at radius 3 is 1.73 bits per heavy atom. The van der Waals surface area contributed by atoms with Crippen molar-refractivity contribution in [2.75, 3.05) is 7.05 Å². The topological polar surface area (TPSA) is 48.2 Å². The summed E-state index contributed by atoms with van der Waals surface area (Å²) in [5, 5.41) is 14.9. The smallest absolute Gasteiger partial charge is 0.154 e. The van der Waals surface area contributed by atoms with E-state index in [-0.39, 0.29) is 5.84 Å². The molecule has 0 saturated heterocycles. The molecule has 2 aliphatic rings. The zero-order valence-corrected chi connectivity index (χ0v) is 27.2. The van der Waals surface area contributed by atoms with Crippen molar-refractivity contribution in [1.82, 2.24) is 5.32 Å². The summed E-state index contributed by atoms with van der Waals surface area (Å²) in [6.45, 7) is 0. The lowest BCUT2D eigenvalue weighted by Gasteiger charge is -2.30. The van der Waals surface area contributed by atoms with Crippen molar-refractivity contribution in [1.29, 1.82) is 5.41 Å². The van der Waals surface area contributed by atoms with Gasteiger partial charge in [0.05, 0.1) is 5.41 Å². The van der Waals surface area contributed by atoms with E-state index in [1.54, 1.807) is 11.3 Å². The van der Waals surface area contributed by atoms with Crippen molar-refractivity contribution in [3.05, 3.63) is 190 Å². The largest absolute Gasteiger partial charge is 0.373 e. The van der Waals surface area contributed by atoms with Crippen LogP contribution in [0.25, 0.3) is 43.8 Å². The first kappa shape index (κ1) is 28.4. The Morgan fingerprint density at radius 2 is 1.12 bits per heavy atom. The Balaban J connectivity index is 1.18. The van der Waals surface area contributed by atoms with E-state index in [0.717, 1.165) is 33.4 Å². The summed E-state index contributed by atoms with van der Waals surface area (Å²) in [4.78, 5) is 6.27. The molecule has 228 valence electrons. The van der Waals surface area contributed by atoms with Crippen molar-refractivity contribution in [3.63, 3.8) is 0 Å². The summed E-state index contributed by atoms with van der Waals surface area (Å²) in [5.41, 5.74) is 14.7. The minimum atomic E-state index is -0.418. The first-order valence-corrected chi connectivity index (χ1v) is 17.1. The molecule has 0 saturated carbocycles. The molecule has 1 heterocycles. The molecule has 2 N–H and O–H groups in total. The van der Waals surface area contributed by atoms with Gasteiger partial charge in [-0.2, -0.15) is 0 Å². The van der Waals surface area contributed by atoms with Gasteiger partial charge in [0.1, 0.15) is 5.84 Å². The van der Waals surface area contributed by atoms with E-state index in [1.165, 1.54) is 43.8 Å². The fraction of sp³-hybridized carbons (Fsp3) is 0.0455. The zero-order valence-electron chi connectivity index (χ0n) is 26.4. The van der Waals surface area contributed by atoms with Crippen molar-refractivity contribution in [3.8, 4) is 43.8 Å². The SMILES string of the molecule is CN/C(=N\C(=N)c1ccc2c(c1)C1(c3ccccc3-c3ccccc31)c1ccsc1-2)c1cc(-c2ccccc2)cc(-c2ccccc2)c1. The molecule has 1 aromatic heterocycles. The van der Waals surface area contributed by atoms with Crippen LogP contribution in [-0.2, 0) is 5.41 Å². The molecule has 9 rings (SSSR count). The number of amidine groups is 2. The monoisotopic (exact) mass is 633 g/mol. The highest BCUT2D eigenvalue weighted by atomic mass is 32.1. The lowest BCUT2D eigenvalue weighted by atomic mass is 9.71. The fourth-order valence-electron chi connectivity index (χ4n) is 7.77. The van der Waals surface area contributed by atoms with Gasteiger partial charge in [-0.1, -0.05) is 121 Å². The molecule has 0 amide bonds. The molecule has 4 heteroatoms. The third kappa shape index (κ3) is 4.20. The second-order valence-electron chi connectivity index (χ2n) is 12.4. The number of hydrogen-bond donors (Lipinski definition) is 2. The van der Waals surface area contributed by atoms with Crippen molar-refractivity contribution < 1.29 is 0 Å². The summed E-state index contributed by atoms with van der Waals surface area (Å²) in [6, 6.07) is 53.8. The number of fused-ring (bicyclic) bond motifs is 10. The van der Waals surface area contributed by atoms with Gasteiger partial charge in [-0.15, -0.1) is 11.3 Å². The van der Waals surface area contributed by atoms with Crippen LogP contribution in [0.1, 0.15) is 33.4 Å². The van der Waals surface area contributed by atoms with Gasteiger partial charge in [-0.05, 0) is 96.9 Å². The standard InChI is InChI=1S/C44H31N3S/c1-46-43(33-25-31(28-12-4-2-5-13-28)24-32(26-33)29-14-6-3-7-15-29)47-42(45)30-20-21-36-40(27-30)44(39-22-23-48-41(36)39)37-18-10-8-16-34(37)35-17-9-11-19-38(35)44/h2-27H,1H3,(H2,45,46,47). The van der Waals surface area contributed by atoms with Gasteiger partial charge in [0, 0.05) is 23.1 Å². The highest BCUT2D eigenvalue weighted by molar-refractivity contribution is 7.14. The Morgan fingerprint density at radius 1 is 0.542 bits per heavy atom. The van der Waals surface area contributed by atoms with E-state index in [4.69, 9.17) is 4.99 Å². The van der Waals surface area contributed by atoms with Crippen LogP contribution in [-0.4, -0.2) is 18.7 Å². The first-order valence-electron chi connectivity index (χ1n) is 16.2. The van der Waals surface area contributed by atoms with Crippen LogP contribution in [0.4, 0.5) is 0 Å². The number of thiophene rings is 1. The minimum absolute atomic E-state index is 0.221. The molecule has 3 nitrogen and oxygen atoms in total. The number of rotatable bonds is 4. The second kappa shape index (κ2) is 11.2. The van der Waals surface area contributed by atoms with Gasteiger partial charge in [0.2, 0.25) is 0 Å². The molecule has 2 aliphatic carbocycles. The van der Waals surface area contributed by atoms with E-state index in [2.05, 4.69) is 150 Å². The number of benzene rings is 6. The molecule has 0 atom stereocenters. The summed E-state index contributed by atoms with van der Waals surface area (Å²) in [5.74, 6) is 0.874. The second-order valence-corrected chi connectivity index (χ2v) is 13.3. The average Bonchev–Trinajstić information content (AvgIpc) is 3.83. The Bertz CT molecular complexity index is 2300. The third-order valence-electron chi connectivity index (χ3n) is 9.84. The number of nitrogens with zero attached hydrogens (tertiary/aromatic N) is 1. The van der Waals surface area contributed by atoms with Crippen LogP contribution in [0.15, 0.2) is 162 Å². The van der Waals surface area contributed by atoms with Crippen LogP contribution >= 0.6 is 11.3 Å². The van der Waals surface area contributed by atoms with Crippen LogP contribution in [0.2, 0.25) is 0 Å². The molecule has 0 fully saturated rings. The maximum absolute atomic E-state index is 9.36. The van der Waals surface area contributed by atoms with Crippen molar-refractivity contribution >= 4 is 23.0 Å². The van der Waals surface area contributed by atoms with Gasteiger partial charge in [-0.3, -0.25) is 5.41 Å². The lowest BCUT2D eigenvalue weighted by molar-refractivity contribution is 0.795. The van der Waals surface area contributed by atoms with Gasteiger partial charge < -0.3 is 5.32 Å². The molecule has 0 bridgehead atoms. The average molecular weight is 634 g/mol. The molecular formula is C44H31N3S. The van der Waals surface area contributed by atoms with Crippen LogP contribution < -0.4 is 5.32 Å². The highest BCUT2D eigenvalue weighted by Crippen LogP contribution is 2.63. The zero-order chi connectivity index (χ0) is 32.2. The summed E-state index contributed by atoms with van der Waals surface area (Å²) in [7, 11) is 1.88. The normalized spacial score (nSPS) is 13.5. The number of nitrogens with one attached hydrogen (secondary N) is 2. The summed E-state index contributed by atoms with van der Waals surface area (Å²) >= 11 is 1.80. The van der Waals surface area contributed by atoms with E-state index >= 15 is 0 Å². The minimum Gasteiger partial charge on any atom is -0.373 e. The molecule has 6 aromatic carbocycles. The van der Waals surface area contributed by atoms with Crippen LogP contribution in [0.5, 0.6) is 0 Å². The van der Waals surface area contributed by atoms with Gasteiger partial charge in [0.25, 0.3) is 0 Å². The van der Waals surface area contributed by atoms with Gasteiger partial charge in [-0.25, -0.2) is 4.99 Å². The fourth-order valence-corrected chi connectivity index (χ4v) is 8.77. The third-order valence-corrected chi connectivity index (χ3v) is 10.8.